The molecule has 146 valence electrons. The molecule has 27 heavy (non-hydrogen) atoms. The number of hydrogen-bond acceptors (Lipinski definition) is 4. The fourth-order valence-electron chi connectivity index (χ4n) is 4.63. The Morgan fingerprint density at radius 1 is 0.963 bits per heavy atom. The minimum absolute atomic E-state index is 0.528. The number of likely N-dealkylation sites (tertiary alicyclic amines) is 2. The first-order valence-corrected chi connectivity index (χ1v) is 10.7. The maximum absolute atomic E-state index is 4.60. The Hall–Kier alpha value is -1.72. The standard InChI is InChI=1S/C22H33N5/c1-25-21(18-27-13-5-6-14-27)23-24-22(25)20-12-8-16-26(17-20)15-7-11-19-9-3-2-4-10-19/h2-4,9-10,20H,5-8,11-18H2,1H3/t20-/m1/s1. The predicted octanol–water partition coefficient (Wildman–Crippen LogP) is 3.22. The summed E-state index contributed by atoms with van der Waals surface area (Å²) in [7, 11) is 2.16. The molecule has 0 aliphatic carbocycles. The van der Waals surface area contributed by atoms with Gasteiger partial charge in [0.2, 0.25) is 0 Å². The predicted molar refractivity (Wildman–Crippen MR) is 109 cm³/mol. The molecule has 0 saturated carbocycles. The third-order valence-electron chi connectivity index (χ3n) is 6.22. The highest BCUT2D eigenvalue weighted by atomic mass is 15.3. The molecule has 5 heteroatoms. The summed E-state index contributed by atoms with van der Waals surface area (Å²) in [5.41, 5.74) is 1.45. The summed E-state index contributed by atoms with van der Waals surface area (Å²) in [5, 5.41) is 9.14. The molecular weight excluding hydrogens is 334 g/mol. The van der Waals surface area contributed by atoms with Crippen molar-refractivity contribution < 1.29 is 0 Å². The number of nitrogens with zero attached hydrogens (tertiary/aromatic N) is 5. The van der Waals surface area contributed by atoms with Gasteiger partial charge in [0, 0.05) is 19.5 Å². The van der Waals surface area contributed by atoms with Gasteiger partial charge < -0.3 is 9.47 Å². The Morgan fingerprint density at radius 2 is 1.74 bits per heavy atom. The Bertz CT molecular complexity index is 705. The SMILES string of the molecule is Cn1c(CN2CCCC2)nnc1[C@@H]1CCCN(CCCc2ccccc2)C1. The fourth-order valence-corrected chi connectivity index (χ4v) is 4.63. The average molecular weight is 368 g/mol. The van der Waals surface area contributed by atoms with E-state index in [9.17, 15) is 0 Å². The van der Waals surface area contributed by atoms with Crippen molar-refractivity contribution in [1.82, 2.24) is 24.6 Å². The van der Waals surface area contributed by atoms with Gasteiger partial charge in [0.05, 0.1) is 6.54 Å². The lowest BCUT2D eigenvalue weighted by Crippen LogP contribution is -2.36. The zero-order valence-corrected chi connectivity index (χ0v) is 16.7. The first-order valence-electron chi connectivity index (χ1n) is 10.7. The van der Waals surface area contributed by atoms with Crippen LogP contribution >= 0.6 is 0 Å². The van der Waals surface area contributed by atoms with Gasteiger partial charge >= 0.3 is 0 Å². The first kappa shape index (κ1) is 18.6. The summed E-state index contributed by atoms with van der Waals surface area (Å²) < 4.78 is 2.27. The Balaban J connectivity index is 1.30. The Morgan fingerprint density at radius 3 is 2.56 bits per heavy atom. The maximum Gasteiger partial charge on any atom is 0.146 e. The summed E-state index contributed by atoms with van der Waals surface area (Å²) in [5.74, 6) is 2.85. The molecule has 2 fully saturated rings. The van der Waals surface area contributed by atoms with Gasteiger partial charge in [-0.1, -0.05) is 30.3 Å². The zero-order chi connectivity index (χ0) is 18.5. The van der Waals surface area contributed by atoms with Crippen molar-refractivity contribution in [3.63, 3.8) is 0 Å². The van der Waals surface area contributed by atoms with E-state index in [1.54, 1.807) is 0 Å². The molecule has 3 heterocycles. The van der Waals surface area contributed by atoms with Crippen LogP contribution in [0, 0.1) is 0 Å². The minimum atomic E-state index is 0.528. The molecule has 0 spiro atoms. The average Bonchev–Trinajstić information content (AvgIpc) is 3.34. The van der Waals surface area contributed by atoms with Gasteiger partial charge in [-0.05, 0) is 70.3 Å². The van der Waals surface area contributed by atoms with Crippen molar-refractivity contribution in [3.8, 4) is 0 Å². The highest BCUT2D eigenvalue weighted by molar-refractivity contribution is 5.14. The van der Waals surface area contributed by atoms with Crippen molar-refractivity contribution >= 4 is 0 Å². The quantitative estimate of drug-likeness (QED) is 0.753. The normalized spacial score (nSPS) is 21.7. The van der Waals surface area contributed by atoms with Crippen LogP contribution in [-0.4, -0.2) is 57.3 Å². The maximum atomic E-state index is 4.60. The highest BCUT2D eigenvalue weighted by Gasteiger charge is 2.26. The van der Waals surface area contributed by atoms with Crippen LogP contribution in [0.15, 0.2) is 30.3 Å². The summed E-state index contributed by atoms with van der Waals surface area (Å²) >= 11 is 0. The van der Waals surface area contributed by atoms with Gasteiger partial charge in [-0.2, -0.15) is 0 Å². The smallest absolute Gasteiger partial charge is 0.146 e. The zero-order valence-electron chi connectivity index (χ0n) is 16.7. The summed E-state index contributed by atoms with van der Waals surface area (Å²) in [6.45, 7) is 6.91. The number of hydrogen-bond donors (Lipinski definition) is 0. The van der Waals surface area contributed by atoms with E-state index in [-0.39, 0.29) is 0 Å². The Labute approximate surface area is 163 Å². The third-order valence-corrected chi connectivity index (χ3v) is 6.22. The van der Waals surface area contributed by atoms with E-state index in [1.807, 2.05) is 0 Å². The van der Waals surface area contributed by atoms with Crippen LogP contribution in [0.25, 0.3) is 0 Å². The molecule has 2 aromatic rings. The molecular formula is C22H33N5. The highest BCUT2D eigenvalue weighted by Crippen LogP contribution is 2.26. The fraction of sp³-hybridized carbons (Fsp3) is 0.636. The largest absolute Gasteiger partial charge is 0.317 e. The van der Waals surface area contributed by atoms with Crippen molar-refractivity contribution in [2.24, 2.45) is 7.05 Å². The second-order valence-electron chi connectivity index (χ2n) is 8.25. The number of rotatable bonds is 7. The summed E-state index contributed by atoms with van der Waals surface area (Å²) in [4.78, 5) is 5.14. The molecule has 5 nitrogen and oxygen atoms in total. The molecule has 2 aliphatic rings. The van der Waals surface area contributed by atoms with Crippen molar-refractivity contribution in [2.75, 3.05) is 32.7 Å². The van der Waals surface area contributed by atoms with Gasteiger partial charge in [-0.25, -0.2) is 0 Å². The van der Waals surface area contributed by atoms with Crippen LogP contribution in [0.3, 0.4) is 0 Å². The number of aromatic nitrogens is 3. The van der Waals surface area contributed by atoms with Gasteiger partial charge in [-0.15, -0.1) is 10.2 Å². The van der Waals surface area contributed by atoms with E-state index in [1.165, 1.54) is 76.1 Å². The van der Waals surface area contributed by atoms with Crippen molar-refractivity contribution in [3.05, 3.63) is 47.5 Å². The second kappa shape index (κ2) is 8.98. The molecule has 4 rings (SSSR count). The Kier molecular flexibility index (Phi) is 6.20. The molecule has 2 aliphatic heterocycles. The first-order chi connectivity index (χ1) is 13.3. The molecule has 0 N–H and O–H groups in total. The lowest BCUT2D eigenvalue weighted by molar-refractivity contribution is 0.200. The van der Waals surface area contributed by atoms with E-state index in [4.69, 9.17) is 0 Å². The minimum Gasteiger partial charge on any atom is -0.317 e. The summed E-state index contributed by atoms with van der Waals surface area (Å²) in [6.07, 6.45) is 7.56. The van der Waals surface area contributed by atoms with Crippen LogP contribution < -0.4 is 0 Å². The van der Waals surface area contributed by atoms with Gasteiger partial charge in [0.15, 0.2) is 0 Å². The number of piperidine rings is 1. The van der Waals surface area contributed by atoms with E-state index in [0.29, 0.717) is 5.92 Å². The molecule has 0 bridgehead atoms. The lowest BCUT2D eigenvalue weighted by Gasteiger charge is -2.32. The second-order valence-corrected chi connectivity index (χ2v) is 8.25. The molecule has 1 atom stereocenters. The van der Waals surface area contributed by atoms with E-state index in [2.05, 4.69) is 61.9 Å². The van der Waals surface area contributed by atoms with E-state index >= 15 is 0 Å². The molecule has 0 unspecified atom stereocenters. The lowest BCUT2D eigenvalue weighted by atomic mass is 9.96. The van der Waals surface area contributed by atoms with Crippen LogP contribution in [0.2, 0.25) is 0 Å². The van der Waals surface area contributed by atoms with Gasteiger partial charge in [-0.3, -0.25) is 4.90 Å². The monoisotopic (exact) mass is 367 g/mol. The van der Waals surface area contributed by atoms with Crippen LogP contribution in [-0.2, 0) is 20.0 Å². The van der Waals surface area contributed by atoms with Crippen molar-refractivity contribution in [2.45, 2.75) is 51.0 Å². The molecule has 1 aromatic carbocycles. The summed E-state index contributed by atoms with van der Waals surface area (Å²) in [6, 6.07) is 10.8. The van der Waals surface area contributed by atoms with Crippen LogP contribution in [0.4, 0.5) is 0 Å². The van der Waals surface area contributed by atoms with E-state index < -0.39 is 0 Å². The van der Waals surface area contributed by atoms with Crippen molar-refractivity contribution in [1.29, 1.82) is 0 Å². The number of benzene rings is 1. The third kappa shape index (κ3) is 4.77. The van der Waals surface area contributed by atoms with Gasteiger partial charge in [0.1, 0.15) is 11.6 Å². The topological polar surface area (TPSA) is 37.2 Å². The van der Waals surface area contributed by atoms with Crippen LogP contribution in [0.1, 0.15) is 55.2 Å². The van der Waals surface area contributed by atoms with E-state index in [0.717, 1.165) is 18.9 Å². The molecule has 2 saturated heterocycles. The van der Waals surface area contributed by atoms with Gasteiger partial charge in [0.25, 0.3) is 0 Å². The molecule has 1 aromatic heterocycles. The van der Waals surface area contributed by atoms with Crippen LogP contribution in [0.5, 0.6) is 0 Å². The number of aryl methyl sites for hydroxylation is 1. The molecule has 0 amide bonds. The molecule has 0 radical (unpaired) electrons.